The van der Waals surface area contributed by atoms with Gasteiger partial charge in [-0.05, 0) is 18.2 Å². The summed E-state index contributed by atoms with van der Waals surface area (Å²) in [7, 11) is 0. The van der Waals surface area contributed by atoms with Crippen LogP contribution < -0.4 is 10.0 Å². The van der Waals surface area contributed by atoms with Crippen LogP contribution in [-0.4, -0.2) is 32.9 Å². The van der Waals surface area contributed by atoms with Crippen LogP contribution in [-0.2, 0) is 9.59 Å². The molecule has 132 valence electrons. The van der Waals surface area contributed by atoms with E-state index in [2.05, 4.69) is 4.98 Å². The maximum absolute atomic E-state index is 12.6. The standard InChI is InChI=1S/C16H11N3O6S/c20-13-8-12(26-14-11(16(22)23)5-2-6-17-14)15(21)18(13)9-3-1-4-10(7-9)19(24)25/h1-7,12H,8H2,(H,22,23)/p-1/t12-/m1/s1. The molecule has 2 amide bonds. The van der Waals surface area contributed by atoms with E-state index in [0.717, 1.165) is 22.7 Å². The second-order valence-corrected chi connectivity index (χ2v) is 6.49. The zero-order valence-corrected chi connectivity index (χ0v) is 13.8. The van der Waals surface area contributed by atoms with Gasteiger partial charge < -0.3 is 9.90 Å². The number of imide groups is 1. The van der Waals surface area contributed by atoms with E-state index in [1.165, 1.54) is 36.5 Å². The molecule has 1 saturated heterocycles. The summed E-state index contributed by atoms with van der Waals surface area (Å²) in [4.78, 5) is 51.1. The molecule has 1 atom stereocenters. The van der Waals surface area contributed by atoms with Crippen molar-refractivity contribution in [3.63, 3.8) is 0 Å². The topological polar surface area (TPSA) is 134 Å². The van der Waals surface area contributed by atoms with Gasteiger partial charge in [0.2, 0.25) is 11.8 Å². The number of anilines is 1. The van der Waals surface area contributed by atoms with Gasteiger partial charge in [-0.3, -0.25) is 19.7 Å². The number of non-ortho nitro benzene ring substituents is 1. The molecule has 2 aromatic rings. The summed E-state index contributed by atoms with van der Waals surface area (Å²) in [5.74, 6) is -2.55. The first-order valence-electron chi connectivity index (χ1n) is 7.32. The molecule has 0 aliphatic carbocycles. The van der Waals surface area contributed by atoms with Gasteiger partial charge in [-0.15, -0.1) is 0 Å². The average Bonchev–Trinajstić information content (AvgIpc) is 2.89. The van der Waals surface area contributed by atoms with Gasteiger partial charge in [0.25, 0.3) is 5.69 Å². The maximum atomic E-state index is 12.6. The molecule has 3 rings (SSSR count). The number of carboxylic acids is 1. The van der Waals surface area contributed by atoms with Crippen molar-refractivity contribution < 1.29 is 24.4 Å². The van der Waals surface area contributed by atoms with Crippen LogP contribution in [0.2, 0.25) is 0 Å². The normalized spacial score (nSPS) is 16.8. The predicted octanol–water partition coefficient (Wildman–Crippen LogP) is 0.778. The number of carbonyl (C=O) groups excluding carboxylic acids is 3. The summed E-state index contributed by atoms with van der Waals surface area (Å²) in [6.45, 7) is 0. The summed E-state index contributed by atoms with van der Waals surface area (Å²) in [5, 5.41) is 21.2. The van der Waals surface area contributed by atoms with Crippen LogP contribution in [0.4, 0.5) is 11.4 Å². The molecule has 1 aliphatic heterocycles. The number of nitro benzene ring substituents is 1. The number of carbonyl (C=O) groups is 3. The van der Waals surface area contributed by atoms with Gasteiger partial charge >= 0.3 is 0 Å². The minimum absolute atomic E-state index is 0.0690. The van der Waals surface area contributed by atoms with Crippen LogP contribution in [0.5, 0.6) is 0 Å². The lowest BCUT2D eigenvalue weighted by atomic mass is 10.2. The van der Waals surface area contributed by atoms with E-state index in [-0.39, 0.29) is 28.4 Å². The minimum atomic E-state index is -1.44. The molecular weight excluding hydrogens is 362 g/mol. The quantitative estimate of drug-likeness (QED) is 0.427. The lowest BCUT2D eigenvalue weighted by Crippen LogP contribution is -2.31. The van der Waals surface area contributed by atoms with E-state index < -0.39 is 28.0 Å². The Morgan fingerprint density at radius 2 is 2.04 bits per heavy atom. The third kappa shape index (κ3) is 3.26. The molecule has 0 unspecified atom stereocenters. The largest absolute Gasteiger partial charge is 0.545 e. The van der Waals surface area contributed by atoms with Gasteiger partial charge in [0, 0.05) is 30.3 Å². The Morgan fingerprint density at radius 1 is 1.27 bits per heavy atom. The zero-order valence-electron chi connectivity index (χ0n) is 13.0. The number of hydrogen-bond acceptors (Lipinski definition) is 8. The number of nitro groups is 1. The maximum Gasteiger partial charge on any atom is 0.271 e. The van der Waals surface area contributed by atoms with Crippen molar-refractivity contribution in [2.45, 2.75) is 16.7 Å². The number of aromatic carboxylic acids is 1. The Hall–Kier alpha value is -3.27. The summed E-state index contributed by atoms with van der Waals surface area (Å²) < 4.78 is 0. The molecule has 0 radical (unpaired) electrons. The number of hydrogen-bond donors (Lipinski definition) is 0. The van der Waals surface area contributed by atoms with Crippen molar-refractivity contribution in [2.75, 3.05) is 4.90 Å². The third-order valence-corrected chi connectivity index (χ3v) is 4.85. The highest BCUT2D eigenvalue weighted by Crippen LogP contribution is 2.35. The molecule has 0 saturated carbocycles. The fraction of sp³-hybridized carbons (Fsp3) is 0.125. The molecule has 1 fully saturated rings. The predicted molar refractivity (Wildman–Crippen MR) is 88.4 cm³/mol. The van der Waals surface area contributed by atoms with Crippen LogP contribution in [0, 0.1) is 10.1 Å². The molecule has 10 heteroatoms. The summed E-state index contributed by atoms with van der Waals surface area (Å²) in [6, 6.07) is 7.90. The number of carboxylic acid groups (broad SMARTS) is 1. The number of nitrogens with zero attached hydrogens (tertiary/aromatic N) is 3. The first kappa shape index (κ1) is 17.5. The van der Waals surface area contributed by atoms with Crippen LogP contribution >= 0.6 is 11.8 Å². The molecule has 9 nitrogen and oxygen atoms in total. The molecule has 0 spiro atoms. The molecule has 1 aliphatic rings. The SMILES string of the molecule is O=C([O-])c1cccnc1S[C@@H]1CC(=O)N(c2cccc([N+](=O)[O-])c2)C1=O. The molecule has 0 N–H and O–H groups in total. The minimum Gasteiger partial charge on any atom is -0.545 e. The average molecular weight is 372 g/mol. The number of benzene rings is 1. The van der Waals surface area contributed by atoms with Crippen molar-refractivity contribution in [1.29, 1.82) is 0 Å². The number of amides is 2. The van der Waals surface area contributed by atoms with Gasteiger partial charge in [-0.1, -0.05) is 17.8 Å². The molecule has 1 aromatic heterocycles. The lowest BCUT2D eigenvalue weighted by molar-refractivity contribution is -0.384. The first-order chi connectivity index (χ1) is 12.4. The van der Waals surface area contributed by atoms with Crippen molar-refractivity contribution in [2.24, 2.45) is 0 Å². The summed E-state index contributed by atoms with van der Waals surface area (Å²) >= 11 is 0.849. The van der Waals surface area contributed by atoms with Gasteiger partial charge in [-0.2, -0.15) is 0 Å². The molecular formula is C16H10N3O6S-. The van der Waals surface area contributed by atoms with Crippen LogP contribution in [0.1, 0.15) is 16.8 Å². The van der Waals surface area contributed by atoms with Gasteiger partial charge in [0.05, 0.1) is 21.8 Å². The van der Waals surface area contributed by atoms with Crippen LogP contribution in [0.15, 0.2) is 47.6 Å². The highest BCUT2D eigenvalue weighted by Gasteiger charge is 2.41. The molecule has 26 heavy (non-hydrogen) atoms. The number of aromatic nitrogens is 1. The van der Waals surface area contributed by atoms with E-state index in [9.17, 15) is 29.6 Å². The second-order valence-electron chi connectivity index (χ2n) is 5.30. The Morgan fingerprint density at radius 3 is 2.73 bits per heavy atom. The van der Waals surface area contributed by atoms with Crippen molar-refractivity contribution in [3.05, 3.63) is 58.3 Å². The number of pyridine rings is 1. The van der Waals surface area contributed by atoms with E-state index in [1.807, 2.05) is 0 Å². The van der Waals surface area contributed by atoms with E-state index in [0.29, 0.717) is 0 Å². The van der Waals surface area contributed by atoms with Gasteiger partial charge in [0.1, 0.15) is 5.03 Å². The highest BCUT2D eigenvalue weighted by atomic mass is 32.2. The van der Waals surface area contributed by atoms with Crippen molar-refractivity contribution >= 4 is 40.9 Å². The fourth-order valence-electron chi connectivity index (χ4n) is 2.49. The van der Waals surface area contributed by atoms with Crippen molar-refractivity contribution in [1.82, 2.24) is 4.98 Å². The highest BCUT2D eigenvalue weighted by molar-refractivity contribution is 8.00. The first-order valence-corrected chi connectivity index (χ1v) is 8.20. The zero-order chi connectivity index (χ0) is 18.8. The second kappa shape index (κ2) is 6.92. The lowest BCUT2D eigenvalue weighted by Gasteiger charge is -2.15. The Kier molecular flexibility index (Phi) is 4.67. The van der Waals surface area contributed by atoms with Crippen LogP contribution in [0.25, 0.3) is 0 Å². The third-order valence-electron chi connectivity index (χ3n) is 3.65. The number of thioether (sulfide) groups is 1. The Balaban J connectivity index is 1.87. The number of rotatable bonds is 5. The Labute approximate surface area is 150 Å². The van der Waals surface area contributed by atoms with E-state index in [1.54, 1.807) is 0 Å². The monoisotopic (exact) mass is 372 g/mol. The summed E-state index contributed by atoms with van der Waals surface area (Å²) in [6.07, 6.45) is 1.20. The molecule has 1 aromatic carbocycles. The fourth-order valence-corrected chi connectivity index (χ4v) is 3.59. The molecule has 0 bridgehead atoms. The van der Waals surface area contributed by atoms with Gasteiger partial charge in [-0.25, -0.2) is 9.88 Å². The summed E-state index contributed by atoms with van der Waals surface area (Å²) in [5.41, 5.74) is -0.326. The van der Waals surface area contributed by atoms with Gasteiger partial charge in [0.15, 0.2) is 0 Å². The Bertz CT molecular complexity index is 932. The van der Waals surface area contributed by atoms with E-state index >= 15 is 0 Å². The van der Waals surface area contributed by atoms with Crippen molar-refractivity contribution in [3.8, 4) is 0 Å². The van der Waals surface area contributed by atoms with Crippen LogP contribution in [0.3, 0.4) is 0 Å². The smallest absolute Gasteiger partial charge is 0.271 e. The van der Waals surface area contributed by atoms with E-state index in [4.69, 9.17) is 0 Å². The molecule has 2 heterocycles.